The molecular weight excluding hydrogens is 749 g/mol. The van der Waals surface area contributed by atoms with Crippen LogP contribution in [0.2, 0.25) is 0 Å². The van der Waals surface area contributed by atoms with Crippen molar-refractivity contribution in [2.45, 2.75) is 50.6 Å². The number of fused-ring (bicyclic) bond motifs is 6. The fourth-order valence-electron chi connectivity index (χ4n) is 7.10. The van der Waals surface area contributed by atoms with Crippen molar-refractivity contribution in [2.75, 3.05) is 0 Å². The van der Waals surface area contributed by atoms with E-state index < -0.39 is 5.97 Å². The number of nitrogens with zero attached hydrogens (tertiary/aromatic N) is 8. The molecule has 2 aliphatic rings. The molecule has 4 aromatic heterocycles. The number of carbonyl (C=O) groups excluding carboxylic acids is 1. The van der Waals surface area contributed by atoms with E-state index in [9.17, 15) is 9.59 Å². The average Bonchev–Trinajstić information content (AvgIpc) is 4.10. The number of hydrogen-bond acceptors (Lipinski definition) is 11. The molecule has 10 rings (SSSR count). The van der Waals surface area contributed by atoms with Gasteiger partial charge in [0, 0.05) is 25.0 Å². The van der Waals surface area contributed by atoms with Crippen molar-refractivity contribution < 1.29 is 23.7 Å². The zero-order chi connectivity index (χ0) is 40.6. The molecule has 59 heavy (non-hydrogen) atoms. The topological polar surface area (TPSA) is 206 Å². The zero-order valence-electron chi connectivity index (χ0n) is 31.8. The van der Waals surface area contributed by atoms with Crippen molar-refractivity contribution in [2.24, 2.45) is 5.73 Å². The van der Waals surface area contributed by atoms with Gasteiger partial charge in [-0.05, 0) is 60.1 Å². The lowest BCUT2D eigenvalue weighted by molar-refractivity contribution is 0.0685. The molecule has 8 aromatic rings. The SMILES string of the molecule is N[C@H]1CCc2ccccc2-n2cnnc21.O=C(N[C@H]1CCc2ccccc2-n2cnnc21)c1cc(Cc2ccccc2)on1.O=C(O)c1cc(Cc2ccccc2)on1. The molecule has 0 aliphatic carbocycles. The minimum atomic E-state index is -1.07. The Labute approximate surface area is 338 Å². The highest BCUT2D eigenvalue weighted by atomic mass is 16.5. The number of aromatic nitrogens is 8. The van der Waals surface area contributed by atoms with Crippen LogP contribution in [0.4, 0.5) is 0 Å². The van der Waals surface area contributed by atoms with Crippen LogP contribution in [0.5, 0.6) is 0 Å². The second-order valence-corrected chi connectivity index (χ2v) is 14.1. The predicted molar refractivity (Wildman–Crippen MR) is 215 cm³/mol. The highest BCUT2D eigenvalue weighted by Gasteiger charge is 2.27. The van der Waals surface area contributed by atoms with Crippen LogP contribution < -0.4 is 11.1 Å². The summed E-state index contributed by atoms with van der Waals surface area (Å²) in [5, 5.41) is 35.4. The van der Waals surface area contributed by atoms with Gasteiger partial charge in [-0.15, -0.1) is 20.4 Å². The van der Waals surface area contributed by atoms with Gasteiger partial charge >= 0.3 is 5.97 Å². The summed E-state index contributed by atoms with van der Waals surface area (Å²) in [5.41, 5.74) is 13.1. The molecule has 2 aliphatic heterocycles. The van der Waals surface area contributed by atoms with Gasteiger partial charge in [0.15, 0.2) is 23.0 Å². The largest absolute Gasteiger partial charge is 0.476 e. The van der Waals surface area contributed by atoms with E-state index >= 15 is 0 Å². The number of rotatable bonds is 7. The molecule has 2 atom stereocenters. The summed E-state index contributed by atoms with van der Waals surface area (Å²) in [4.78, 5) is 23.3. The van der Waals surface area contributed by atoms with Gasteiger partial charge in [0.05, 0.1) is 23.5 Å². The molecule has 0 unspecified atom stereocenters. The van der Waals surface area contributed by atoms with Crippen LogP contribution in [0.25, 0.3) is 11.4 Å². The number of aromatic carboxylic acids is 1. The Morgan fingerprint density at radius 2 is 1.15 bits per heavy atom. The van der Waals surface area contributed by atoms with Gasteiger partial charge in [-0.1, -0.05) is 107 Å². The maximum Gasteiger partial charge on any atom is 0.358 e. The lowest BCUT2D eigenvalue weighted by Gasteiger charge is -2.14. The van der Waals surface area contributed by atoms with Crippen LogP contribution in [-0.2, 0) is 25.7 Å². The Kier molecular flexibility index (Phi) is 11.5. The van der Waals surface area contributed by atoms with Crippen LogP contribution >= 0.6 is 0 Å². The first-order chi connectivity index (χ1) is 28.9. The summed E-state index contributed by atoms with van der Waals surface area (Å²) < 4.78 is 14.2. The van der Waals surface area contributed by atoms with E-state index in [2.05, 4.69) is 60.3 Å². The number of carboxylic acids is 1. The number of amides is 1. The number of aryl methyl sites for hydroxylation is 2. The molecule has 296 valence electrons. The van der Waals surface area contributed by atoms with Gasteiger partial charge in [-0.3, -0.25) is 13.9 Å². The predicted octanol–water partition coefficient (Wildman–Crippen LogP) is 6.44. The van der Waals surface area contributed by atoms with E-state index in [1.807, 2.05) is 94.1 Å². The van der Waals surface area contributed by atoms with Crippen molar-refractivity contribution in [3.63, 3.8) is 0 Å². The third-order valence-electron chi connectivity index (χ3n) is 10.0. The maximum atomic E-state index is 12.8. The summed E-state index contributed by atoms with van der Waals surface area (Å²) in [5.74, 6) is 1.43. The van der Waals surface area contributed by atoms with Crippen LogP contribution in [0.1, 0.15) is 91.3 Å². The van der Waals surface area contributed by atoms with Crippen molar-refractivity contribution in [1.82, 2.24) is 45.2 Å². The number of nitrogens with two attached hydrogens (primary N) is 1. The fourth-order valence-corrected chi connectivity index (χ4v) is 7.10. The van der Waals surface area contributed by atoms with Gasteiger partial charge in [0.25, 0.3) is 5.91 Å². The molecular formula is C44H40N10O5. The van der Waals surface area contributed by atoms with E-state index in [1.165, 1.54) is 17.2 Å². The monoisotopic (exact) mass is 788 g/mol. The van der Waals surface area contributed by atoms with E-state index in [1.54, 1.807) is 18.7 Å². The van der Waals surface area contributed by atoms with Crippen molar-refractivity contribution >= 4 is 11.9 Å². The highest BCUT2D eigenvalue weighted by Crippen LogP contribution is 2.29. The first-order valence-electron chi connectivity index (χ1n) is 19.1. The van der Waals surface area contributed by atoms with Crippen molar-refractivity contribution in [3.8, 4) is 11.4 Å². The smallest absolute Gasteiger partial charge is 0.358 e. The standard InChI is InChI=1S/C22H19N5O2.C11H12N4.C11H9NO3/c28-22(19-13-17(29-26-19)12-15-6-2-1-3-7-15)24-18-11-10-16-8-4-5-9-20(16)27-14-23-25-21(18)27;12-9-6-5-8-3-1-2-4-10(8)15-7-13-14-11(9)15;13-11(14)10-7-9(15-12-10)6-8-4-2-1-3-5-8/h1-9,13-14,18H,10-12H2,(H,24,28);1-4,7,9H,5-6,12H2;1-5,7H,6H2,(H,13,14)/t18-;9-;/m00./s1. The second-order valence-electron chi connectivity index (χ2n) is 14.1. The molecule has 6 heterocycles. The molecule has 15 nitrogen and oxygen atoms in total. The quantitative estimate of drug-likeness (QED) is 0.160. The molecule has 1 amide bonds. The van der Waals surface area contributed by atoms with Gasteiger partial charge < -0.3 is 25.2 Å². The number of para-hydroxylation sites is 2. The van der Waals surface area contributed by atoms with E-state index in [0.717, 1.165) is 59.8 Å². The molecule has 0 radical (unpaired) electrons. The molecule has 0 saturated carbocycles. The Bertz CT molecular complexity index is 2650. The van der Waals surface area contributed by atoms with Gasteiger partial charge in [-0.25, -0.2) is 4.79 Å². The number of carbonyl (C=O) groups is 2. The number of hydrogen-bond donors (Lipinski definition) is 3. The number of carboxylic acid groups (broad SMARTS) is 1. The average molecular weight is 789 g/mol. The minimum Gasteiger partial charge on any atom is -0.476 e. The molecule has 0 fully saturated rings. The van der Waals surface area contributed by atoms with Crippen LogP contribution in [0.15, 0.2) is 143 Å². The van der Waals surface area contributed by atoms with E-state index in [4.69, 9.17) is 19.9 Å². The van der Waals surface area contributed by atoms with Crippen molar-refractivity contribution in [1.29, 1.82) is 0 Å². The zero-order valence-corrected chi connectivity index (χ0v) is 31.8. The second kappa shape index (κ2) is 17.7. The molecule has 15 heteroatoms. The first-order valence-corrected chi connectivity index (χ1v) is 19.1. The van der Waals surface area contributed by atoms with Crippen LogP contribution in [0.3, 0.4) is 0 Å². The fraction of sp³-hybridized carbons (Fsp3) is 0.182. The number of nitrogens with one attached hydrogen (secondary N) is 1. The Morgan fingerprint density at radius 1 is 0.661 bits per heavy atom. The Hall–Kier alpha value is -7.52. The van der Waals surface area contributed by atoms with Crippen LogP contribution in [-0.4, -0.2) is 56.8 Å². The Morgan fingerprint density at radius 3 is 1.73 bits per heavy atom. The van der Waals surface area contributed by atoms with Gasteiger partial charge in [0.2, 0.25) is 0 Å². The number of benzene rings is 4. The van der Waals surface area contributed by atoms with E-state index in [-0.39, 0.29) is 29.4 Å². The molecule has 0 spiro atoms. The van der Waals surface area contributed by atoms with Gasteiger partial charge in [0.1, 0.15) is 24.2 Å². The summed E-state index contributed by atoms with van der Waals surface area (Å²) >= 11 is 0. The normalized spacial score (nSPS) is 14.9. The van der Waals surface area contributed by atoms with Gasteiger partial charge in [-0.2, -0.15) is 0 Å². The lowest BCUT2D eigenvalue weighted by Crippen LogP contribution is -2.30. The summed E-state index contributed by atoms with van der Waals surface area (Å²) in [6.45, 7) is 0. The van der Waals surface area contributed by atoms with E-state index in [0.29, 0.717) is 24.4 Å². The summed E-state index contributed by atoms with van der Waals surface area (Å²) in [6, 6.07) is 38.9. The molecule has 4 aromatic carbocycles. The Balaban J connectivity index is 0.000000136. The van der Waals surface area contributed by atoms with Crippen LogP contribution in [0, 0.1) is 0 Å². The third-order valence-corrected chi connectivity index (χ3v) is 10.0. The summed E-state index contributed by atoms with van der Waals surface area (Å²) in [7, 11) is 0. The molecule has 0 saturated heterocycles. The summed E-state index contributed by atoms with van der Waals surface area (Å²) in [6.07, 6.45) is 8.07. The highest BCUT2D eigenvalue weighted by molar-refractivity contribution is 5.92. The molecule has 4 N–H and O–H groups in total. The lowest BCUT2D eigenvalue weighted by atomic mass is 10.1. The molecule has 0 bridgehead atoms. The minimum absolute atomic E-state index is 0.0140. The first kappa shape index (κ1) is 38.4. The third kappa shape index (κ3) is 9.05. The maximum absolute atomic E-state index is 12.8. The van der Waals surface area contributed by atoms with Crippen molar-refractivity contribution in [3.05, 3.63) is 191 Å².